The van der Waals surface area contributed by atoms with Crippen molar-refractivity contribution in [2.75, 3.05) is 6.61 Å². The summed E-state index contributed by atoms with van der Waals surface area (Å²) in [4.78, 5) is 12.6. The van der Waals surface area contributed by atoms with Gasteiger partial charge in [-0.1, -0.05) is 6.42 Å². The molecule has 0 radical (unpaired) electrons. The molecule has 4 bridgehead atoms. The fraction of sp³-hybridized carbons (Fsp3) is 0.731. The van der Waals surface area contributed by atoms with Crippen molar-refractivity contribution < 1.29 is 18.7 Å². The Bertz CT molecular complexity index is 798. The fourth-order valence-corrected chi connectivity index (χ4v) is 6.92. The topological polar surface area (TPSA) is 35.5 Å². The Morgan fingerprint density at radius 3 is 2.17 bits per heavy atom. The molecule has 0 saturated heterocycles. The monoisotopic (exact) mass is 414 g/mol. The van der Waals surface area contributed by atoms with Crippen molar-refractivity contribution in [3.63, 3.8) is 0 Å². The van der Waals surface area contributed by atoms with Crippen molar-refractivity contribution in [2.24, 2.45) is 23.2 Å². The van der Waals surface area contributed by atoms with Gasteiger partial charge >= 0.3 is 5.97 Å². The van der Waals surface area contributed by atoms with Gasteiger partial charge in [0.25, 0.3) is 0 Å². The van der Waals surface area contributed by atoms with E-state index in [0.717, 1.165) is 36.2 Å². The van der Waals surface area contributed by atoms with Gasteiger partial charge in [0.2, 0.25) is 0 Å². The predicted octanol–water partition coefficient (Wildman–Crippen LogP) is 6.64. The molecule has 0 aromatic heterocycles. The third-order valence-corrected chi connectivity index (χ3v) is 7.96. The number of rotatable bonds is 5. The van der Waals surface area contributed by atoms with Crippen LogP contribution in [-0.2, 0) is 4.74 Å². The van der Waals surface area contributed by atoms with Gasteiger partial charge in [-0.15, -0.1) is 0 Å². The van der Waals surface area contributed by atoms with Crippen LogP contribution in [-0.4, -0.2) is 18.2 Å². The lowest BCUT2D eigenvalue weighted by molar-refractivity contribution is -0.0747. The van der Waals surface area contributed by atoms with Crippen LogP contribution in [0.5, 0.6) is 5.75 Å². The molecule has 0 unspecified atom stereocenters. The second-order valence-electron chi connectivity index (χ2n) is 11.7. The quantitative estimate of drug-likeness (QED) is 0.506. The molecule has 5 aliphatic rings. The van der Waals surface area contributed by atoms with Crippen molar-refractivity contribution in [1.82, 2.24) is 0 Å². The number of esters is 1. The van der Waals surface area contributed by atoms with E-state index in [1.807, 2.05) is 0 Å². The molecule has 5 saturated carbocycles. The molecular weight excluding hydrogens is 379 g/mol. The standard InChI is InChI=1S/C26H35FO3/c1-25(2,3)30-24(28)21-10-20(19-5-4-6-19)23(11-22(21)27)29-15-26-12-16-7-17(13-26)9-18(8-16)14-26/h10-11,16-19H,4-9,12-15H2,1-3H3. The molecule has 30 heavy (non-hydrogen) atoms. The molecule has 1 aromatic carbocycles. The van der Waals surface area contributed by atoms with Crippen molar-refractivity contribution in [2.45, 2.75) is 90.1 Å². The number of halogens is 1. The minimum Gasteiger partial charge on any atom is -0.493 e. The third-order valence-electron chi connectivity index (χ3n) is 7.96. The highest BCUT2D eigenvalue weighted by molar-refractivity contribution is 5.90. The fourth-order valence-electron chi connectivity index (χ4n) is 6.92. The second-order valence-corrected chi connectivity index (χ2v) is 11.7. The summed E-state index contributed by atoms with van der Waals surface area (Å²) >= 11 is 0. The molecular formula is C26H35FO3. The van der Waals surface area contributed by atoms with Crippen LogP contribution in [0.15, 0.2) is 12.1 Å². The summed E-state index contributed by atoms with van der Waals surface area (Å²) in [5.74, 6) is 2.51. The van der Waals surface area contributed by atoms with Crippen molar-refractivity contribution >= 4 is 5.97 Å². The lowest BCUT2D eigenvalue weighted by Gasteiger charge is -2.56. The Hall–Kier alpha value is -1.58. The summed E-state index contributed by atoms with van der Waals surface area (Å²) in [5, 5.41) is 0. The summed E-state index contributed by atoms with van der Waals surface area (Å²) in [6.45, 7) is 6.11. The zero-order valence-corrected chi connectivity index (χ0v) is 18.6. The van der Waals surface area contributed by atoms with E-state index in [1.165, 1.54) is 51.0 Å². The summed E-state index contributed by atoms with van der Waals surface area (Å²) in [6, 6.07) is 3.16. The molecule has 5 fully saturated rings. The zero-order chi connectivity index (χ0) is 21.1. The molecule has 0 atom stereocenters. The number of hydrogen-bond donors (Lipinski definition) is 0. The molecule has 0 heterocycles. The van der Waals surface area contributed by atoms with Crippen LogP contribution in [0.1, 0.15) is 100 Å². The van der Waals surface area contributed by atoms with Gasteiger partial charge in [0.1, 0.15) is 17.2 Å². The van der Waals surface area contributed by atoms with E-state index < -0.39 is 17.4 Å². The zero-order valence-electron chi connectivity index (χ0n) is 18.6. The van der Waals surface area contributed by atoms with Gasteiger partial charge in [0.05, 0.1) is 12.2 Å². The van der Waals surface area contributed by atoms with Crippen LogP contribution in [0.3, 0.4) is 0 Å². The highest BCUT2D eigenvalue weighted by Crippen LogP contribution is 2.60. The maximum absolute atomic E-state index is 14.9. The van der Waals surface area contributed by atoms with Crippen LogP contribution >= 0.6 is 0 Å². The van der Waals surface area contributed by atoms with Crippen molar-refractivity contribution in [3.8, 4) is 5.75 Å². The smallest absolute Gasteiger partial charge is 0.341 e. The maximum atomic E-state index is 14.9. The number of carbonyl (C=O) groups is 1. The SMILES string of the molecule is CC(C)(C)OC(=O)c1cc(C2CCC2)c(OCC23CC4CC(CC(C4)C2)C3)cc1F. The van der Waals surface area contributed by atoms with E-state index in [4.69, 9.17) is 9.47 Å². The van der Waals surface area contributed by atoms with E-state index in [1.54, 1.807) is 26.8 Å². The largest absolute Gasteiger partial charge is 0.493 e. The first-order valence-electron chi connectivity index (χ1n) is 11.9. The highest BCUT2D eigenvalue weighted by atomic mass is 19.1. The van der Waals surface area contributed by atoms with Crippen LogP contribution in [0.4, 0.5) is 4.39 Å². The summed E-state index contributed by atoms with van der Waals surface area (Å²) in [6.07, 6.45) is 11.4. The number of ether oxygens (including phenoxy) is 2. The molecule has 0 amide bonds. The lowest BCUT2D eigenvalue weighted by atomic mass is 9.50. The van der Waals surface area contributed by atoms with E-state index >= 15 is 0 Å². The molecule has 1 aromatic rings. The average Bonchev–Trinajstić information content (AvgIpc) is 2.57. The van der Waals surface area contributed by atoms with Gasteiger partial charge in [-0.2, -0.15) is 0 Å². The van der Waals surface area contributed by atoms with E-state index in [-0.39, 0.29) is 11.0 Å². The summed E-state index contributed by atoms with van der Waals surface area (Å²) in [5.41, 5.74) is 0.669. The molecule has 0 spiro atoms. The van der Waals surface area contributed by atoms with Gasteiger partial charge in [-0.3, -0.25) is 0 Å². The second kappa shape index (κ2) is 7.24. The molecule has 3 nitrogen and oxygen atoms in total. The Morgan fingerprint density at radius 1 is 1.07 bits per heavy atom. The predicted molar refractivity (Wildman–Crippen MR) is 114 cm³/mol. The maximum Gasteiger partial charge on any atom is 0.341 e. The third kappa shape index (κ3) is 3.87. The first-order chi connectivity index (χ1) is 14.2. The first-order valence-corrected chi connectivity index (χ1v) is 11.9. The normalized spacial score (nSPS) is 32.7. The Kier molecular flexibility index (Phi) is 4.91. The summed E-state index contributed by atoms with van der Waals surface area (Å²) < 4.78 is 26.8. The highest BCUT2D eigenvalue weighted by Gasteiger charge is 2.51. The van der Waals surface area contributed by atoms with Crippen LogP contribution in [0, 0.1) is 29.0 Å². The molecule has 0 aliphatic heterocycles. The van der Waals surface area contributed by atoms with Crippen molar-refractivity contribution in [3.05, 3.63) is 29.1 Å². The van der Waals surface area contributed by atoms with Crippen LogP contribution in [0.2, 0.25) is 0 Å². The van der Waals surface area contributed by atoms with E-state index in [9.17, 15) is 9.18 Å². The van der Waals surface area contributed by atoms with Crippen LogP contribution in [0.25, 0.3) is 0 Å². The summed E-state index contributed by atoms with van der Waals surface area (Å²) in [7, 11) is 0. The minimum atomic E-state index is -0.645. The van der Waals surface area contributed by atoms with E-state index in [2.05, 4.69) is 0 Å². The Labute approximate surface area is 179 Å². The van der Waals surface area contributed by atoms with Gasteiger partial charge in [0, 0.05) is 11.5 Å². The molecule has 5 aliphatic carbocycles. The molecule has 0 N–H and O–H groups in total. The van der Waals surface area contributed by atoms with Gasteiger partial charge in [-0.25, -0.2) is 9.18 Å². The molecule has 4 heteroatoms. The van der Waals surface area contributed by atoms with Crippen molar-refractivity contribution in [1.29, 1.82) is 0 Å². The molecule has 6 rings (SSSR count). The number of hydrogen-bond acceptors (Lipinski definition) is 3. The average molecular weight is 415 g/mol. The van der Waals surface area contributed by atoms with E-state index in [0.29, 0.717) is 18.3 Å². The number of carbonyl (C=O) groups excluding carboxylic acids is 1. The first kappa shape index (κ1) is 20.3. The number of benzene rings is 1. The Morgan fingerprint density at radius 2 is 1.67 bits per heavy atom. The minimum absolute atomic E-state index is 0.0361. The van der Waals surface area contributed by atoms with Crippen LogP contribution < -0.4 is 4.74 Å². The van der Waals surface area contributed by atoms with Gasteiger partial charge < -0.3 is 9.47 Å². The molecule has 164 valence electrons. The Balaban J connectivity index is 1.38. The van der Waals surface area contributed by atoms with Gasteiger partial charge in [-0.05, 0) is 107 Å². The lowest BCUT2D eigenvalue weighted by Crippen LogP contribution is -2.48. The van der Waals surface area contributed by atoms with Gasteiger partial charge in [0.15, 0.2) is 0 Å².